The number of nitrogens with one attached hydrogen (secondary N) is 1. The minimum atomic E-state index is -0.413. The van der Waals surface area contributed by atoms with Crippen molar-refractivity contribution in [3.05, 3.63) is 69.3 Å². The number of hydrogen-bond donors (Lipinski definition) is 1. The quantitative estimate of drug-likeness (QED) is 0.441. The molecule has 2 aliphatic heterocycles. The molecular formula is C28H33N7O3. The molecule has 4 aromatic rings. The van der Waals surface area contributed by atoms with Crippen molar-refractivity contribution in [1.29, 1.82) is 0 Å². The number of aromatic nitrogens is 5. The van der Waals surface area contributed by atoms with Gasteiger partial charge in [0.15, 0.2) is 17.3 Å². The lowest BCUT2D eigenvalue weighted by Crippen LogP contribution is -2.49. The van der Waals surface area contributed by atoms with E-state index in [9.17, 15) is 4.79 Å². The topological polar surface area (TPSA) is 101 Å². The lowest BCUT2D eigenvalue weighted by Gasteiger charge is -2.40. The molecule has 1 saturated heterocycles. The Morgan fingerprint density at radius 2 is 1.74 bits per heavy atom. The van der Waals surface area contributed by atoms with Crippen LogP contribution >= 0.6 is 0 Å². The Kier molecular flexibility index (Phi) is 5.86. The summed E-state index contributed by atoms with van der Waals surface area (Å²) in [6.07, 6.45) is 0. The Labute approximate surface area is 221 Å². The highest BCUT2D eigenvalue weighted by atomic mass is 16.7. The third-order valence-electron chi connectivity index (χ3n) is 7.63. The van der Waals surface area contributed by atoms with Gasteiger partial charge in [-0.25, -0.2) is 4.68 Å². The summed E-state index contributed by atoms with van der Waals surface area (Å²) in [6, 6.07) is 11.7. The molecule has 38 heavy (non-hydrogen) atoms. The number of pyridine rings is 1. The predicted molar refractivity (Wildman–Crippen MR) is 145 cm³/mol. The number of benzene rings is 2. The molecule has 2 aliphatic rings. The monoisotopic (exact) mass is 515 g/mol. The third kappa shape index (κ3) is 4.18. The van der Waals surface area contributed by atoms with Crippen LogP contribution in [-0.2, 0) is 5.54 Å². The van der Waals surface area contributed by atoms with Gasteiger partial charge in [-0.05, 0) is 74.4 Å². The molecule has 0 bridgehead atoms. The SMILES string of the molecule is Cc1cccc(N2CCN(C(c3cc4cc5c(cc4[nH]c3=O)OCO5)c3nnnn3C(C)(C)C)CC2)c1C. The first-order chi connectivity index (χ1) is 18.2. The minimum absolute atomic E-state index is 0.165. The van der Waals surface area contributed by atoms with Crippen LogP contribution in [0.2, 0.25) is 0 Å². The van der Waals surface area contributed by atoms with Crippen molar-refractivity contribution in [3.63, 3.8) is 0 Å². The van der Waals surface area contributed by atoms with Crippen LogP contribution in [0.15, 0.2) is 41.2 Å². The Morgan fingerprint density at radius 3 is 2.47 bits per heavy atom. The molecule has 1 atom stereocenters. The van der Waals surface area contributed by atoms with E-state index >= 15 is 0 Å². The molecule has 10 heteroatoms. The molecule has 0 aliphatic carbocycles. The summed E-state index contributed by atoms with van der Waals surface area (Å²) in [4.78, 5) is 21.4. The fourth-order valence-electron chi connectivity index (χ4n) is 5.46. The molecule has 1 fully saturated rings. The van der Waals surface area contributed by atoms with E-state index in [1.54, 1.807) is 0 Å². The lowest BCUT2D eigenvalue weighted by atomic mass is 10.0. The van der Waals surface area contributed by atoms with Gasteiger partial charge in [0, 0.05) is 48.9 Å². The van der Waals surface area contributed by atoms with Gasteiger partial charge in [0.1, 0.15) is 6.04 Å². The normalized spacial score (nSPS) is 16.8. The average molecular weight is 516 g/mol. The van der Waals surface area contributed by atoms with Gasteiger partial charge in [-0.2, -0.15) is 0 Å². The summed E-state index contributed by atoms with van der Waals surface area (Å²) >= 11 is 0. The number of H-pyrrole nitrogens is 1. The van der Waals surface area contributed by atoms with Crippen LogP contribution in [-0.4, -0.2) is 63.1 Å². The molecular weight excluding hydrogens is 482 g/mol. The second-order valence-electron chi connectivity index (χ2n) is 11.1. The second-order valence-corrected chi connectivity index (χ2v) is 11.1. The molecule has 1 N–H and O–H groups in total. The number of rotatable bonds is 4. The smallest absolute Gasteiger partial charge is 0.253 e. The van der Waals surface area contributed by atoms with Gasteiger partial charge in [0.05, 0.1) is 11.1 Å². The van der Waals surface area contributed by atoms with Crippen LogP contribution in [0.1, 0.15) is 49.3 Å². The van der Waals surface area contributed by atoms with Gasteiger partial charge in [-0.1, -0.05) is 12.1 Å². The van der Waals surface area contributed by atoms with Gasteiger partial charge in [-0.15, -0.1) is 5.10 Å². The van der Waals surface area contributed by atoms with Crippen LogP contribution in [0.4, 0.5) is 5.69 Å². The van der Waals surface area contributed by atoms with Crippen LogP contribution in [0.25, 0.3) is 10.9 Å². The number of ether oxygens (including phenoxy) is 2. The highest BCUT2D eigenvalue weighted by Crippen LogP contribution is 2.37. The molecule has 0 amide bonds. The number of piperazine rings is 1. The summed E-state index contributed by atoms with van der Waals surface area (Å²) in [5, 5.41) is 13.7. The average Bonchev–Trinajstić information content (AvgIpc) is 3.55. The summed E-state index contributed by atoms with van der Waals surface area (Å²) in [5.74, 6) is 1.97. The molecule has 1 unspecified atom stereocenters. The Bertz CT molecular complexity index is 1560. The number of nitrogens with zero attached hydrogens (tertiary/aromatic N) is 6. The predicted octanol–water partition coefficient (Wildman–Crippen LogP) is 3.53. The van der Waals surface area contributed by atoms with E-state index in [0.717, 1.165) is 31.6 Å². The van der Waals surface area contributed by atoms with Gasteiger partial charge in [-0.3, -0.25) is 9.69 Å². The van der Waals surface area contributed by atoms with Crippen LogP contribution in [0.3, 0.4) is 0 Å². The molecule has 0 saturated carbocycles. The van der Waals surface area contributed by atoms with Crippen molar-refractivity contribution in [2.45, 2.75) is 46.2 Å². The van der Waals surface area contributed by atoms with E-state index in [1.807, 2.05) is 22.9 Å². The number of anilines is 1. The molecule has 10 nitrogen and oxygen atoms in total. The third-order valence-corrected chi connectivity index (χ3v) is 7.63. The maximum Gasteiger partial charge on any atom is 0.253 e. The van der Waals surface area contributed by atoms with E-state index in [4.69, 9.17) is 9.47 Å². The summed E-state index contributed by atoms with van der Waals surface area (Å²) < 4.78 is 12.9. The zero-order valence-electron chi connectivity index (χ0n) is 22.5. The van der Waals surface area contributed by atoms with E-state index in [0.29, 0.717) is 28.4 Å². The van der Waals surface area contributed by atoms with Crippen LogP contribution < -0.4 is 19.9 Å². The standard InChI is InChI=1S/C28H33N7O3/c1-17-7-6-8-22(18(17)2)33-9-11-34(12-10-33)25(26-30-31-32-35(26)28(3,4)5)20-13-19-14-23-24(38-16-37-23)15-21(19)29-27(20)36/h6-8,13-15,25H,9-12,16H2,1-5H3,(H,29,36). The van der Waals surface area contributed by atoms with Crippen molar-refractivity contribution in [1.82, 2.24) is 30.1 Å². The highest BCUT2D eigenvalue weighted by molar-refractivity contribution is 5.83. The molecule has 6 rings (SSSR count). The number of aryl methyl sites for hydroxylation is 1. The first-order valence-electron chi connectivity index (χ1n) is 13.0. The zero-order chi connectivity index (χ0) is 26.6. The fourth-order valence-corrected chi connectivity index (χ4v) is 5.46. The maximum absolute atomic E-state index is 13.6. The molecule has 0 radical (unpaired) electrons. The maximum atomic E-state index is 13.6. The minimum Gasteiger partial charge on any atom is -0.454 e. The Hall–Kier alpha value is -3.92. The first-order valence-corrected chi connectivity index (χ1v) is 13.0. The molecule has 2 aromatic heterocycles. The number of fused-ring (bicyclic) bond motifs is 2. The molecule has 4 heterocycles. The number of hydrogen-bond acceptors (Lipinski definition) is 8. The first kappa shape index (κ1) is 24.4. The fraction of sp³-hybridized carbons (Fsp3) is 0.429. The van der Waals surface area contributed by atoms with Crippen molar-refractivity contribution in [3.8, 4) is 11.5 Å². The molecule has 198 valence electrons. The lowest BCUT2D eigenvalue weighted by molar-refractivity contribution is 0.174. The molecule has 0 spiro atoms. The van der Waals surface area contributed by atoms with Gasteiger partial charge in [0.2, 0.25) is 6.79 Å². The van der Waals surface area contributed by atoms with E-state index < -0.39 is 6.04 Å². The van der Waals surface area contributed by atoms with Gasteiger partial charge < -0.3 is 19.4 Å². The van der Waals surface area contributed by atoms with Crippen molar-refractivity contribution in [2.24, 2.45) is 0 Å². The summed E-state index contributed by atoms with van der Waals surface area (Å²) in [5.41, 5.74) is 4.65. The van der Waals surface area contributed by atoms with Gasteiger partial charge in [0.25, 0.3) is 5.56 Å². The largest absolute Gasteiger partial charge is 0.454 e. The van der Waals surface area contributed by atoms with Crippen molar-refractivity contribution < 1.29 is 9.47 Å². The second kappa shape index (κ2) is 9.13. The highest BCUT2D eigenvalue weighted by Gasteiger charge is 2.35. The van der Waals surface area contributed by atoms with E-state index in [1.165, 1.54) is 16.8 Å². The van der Waals surface area contributed by atoms with Crippen molar-refractivity contribution >= 4 is 16.6 Å². The molecule has 2 aromatic carbocycles. The summed E-state index contributed by atoms with van der Waals surface area (Å²) in [7, 11) is 0. The van der Waals surface area contributed by atoms with Crippen LogP contribution in [0, 0.1) is 13.8 Å². The number of aromatic amines is 1. The van der Waals surface area contributed by atoms with Gasteiger partial charge >= 0.3 is 0 Å². The van der Waals surface area contributed by atoms with Crippen molar-refractivity contribution in [2.75, 3.05) is 37.9 Å². The summed E-state index contributed by atoms with van der Waals surface area (Å²) in [6.45, 7) is 13.9. The number of tetrazole rings is 1. The zero-order valence-corrected chi connectivity index (χ0v) is 22.5. The van der Waals surface area contributed by atoms with E-state index in [-0.39, 0.29) is 17.9 Å². The van der Waals surface area contributed by atoms with Crippen LogP contribution in [0.5, 0.6) is 11.5 Å². The Morgan fingerprint density at radius 1 is 1.00 bits per heavy atom. The Balaban J connectivity index is 1.41. The van der Waals surface area contributed by atoms with E-state index in [2.05, 4.69) is 83.1 Å².